The number of phenolic OH excluding ortho intramolecular Hbond substituents is 3. The second-order valence-corrected chi connectivity index (χ2v) is 4.08. The standard InChI is InChI=1S/C9H13BO3/c1-9(2,10)5-3-4-6(11)8(13)7(5)12/h3-4,11-13H,10H2,1-2H3. The van der Waals surface area contributed by atoms with Gasteiger partial charge in [-0.1, -0.05) is 19.9 Å². The molecule has 3 N–H and O–H groups in total. The van der Waals surface area contributed by atoms with Gasteiger partial charge in [-0.15, -0.1) is 0 Å². The molecule has 0 saturated heterocycles. The van der Waals surface area contributed by atoms with Gasteiger partial charge in [0.15, 0.2) is 11.5 Å². The molecule has 0 bridgehead atoms. The summed E-state index contributed by atoms with van der Waals surface area (Å²) in [5.41, 5.74) is 0.614. The number of hydrogen-bond acceptors (Lipinski definition) is 3. The Hall–Kier alpha value is -1.32. The molecule has 13 heavy (non-hydrogen) atoms. The van der Waals surface area contributed by atoms with Crippen molar-refractivity contribution in [2.75, 3.05) is 0 Å². The molecule has 4 heteroatoms. The molecule has 1 rings (SSSR count). The predicted octanol–water partition coefficient (Wildman–Crippen LogP) is 0.672. The lowest BCUT2D eigenvalue weighted by molar-refractivity contribution is 0.362. The summed E-state index contributed by atoms with van der Waals surface area (Å²) in [7, 11) is 1.92. The molecule has 3 nitrogen and oxygen atoms in total. The number of rotatable bonds is 1. The van der Waals surface area contributed by atoms with E-state index in [-0.39, 0.29) is 16.8 Å². The fourth-order valence-corrected chi connectivity index (χ4v) is 1.17. The predicted molar refractivity (Wildman–Crippen MR) is 53.0 cm³/mol. The molecule has 0 aliphatic carbocycles. The van der Waals surface area contributed by atoms with Crippen LogP contribution in [0.1, 0.15) is 19.4 Å². The molecule has 0 atom stereocenters. The Morgan fingerprint density at radius 3 is 2.08 bits per heavy atom. The summed E-state index contributed by atoms with van der Waals surface area (Å²) >= 11 is 0. The van der Waals surface area contributed by atoms with E-state index in [1.807, 2.05) is 21.7 Å². The van der Waals surface area contributed by atoms with E-state index in [0.29, 0.717) is 5.56 Å². The van der Waals surface area contributed by atoms with Crippen LogP contribution >= 0.6 is 0 Å². The van der Waals surface area contributed by atoms with Gasteiger partial charge in [0.05, 0.1) is 0 Å². The molecule has 0 saturated carbocycles. The van der Waals surface area contributed by atoms with E-state index in [4.69, 9.17) is 5.11 Å². The first-order valence-corrected chi connectivity index (χ1v) is 4.08. The topological polar surface area (TPSA) is 60.7 Å². The zero-order valence-electron chi connectivity index (χ0n) is 8.00. The number of hydrogen-bond donors (Lipinski definition) is 3. The molecule has 0 radical (unpaired) electrons. The highest BCUT2D eigenvalue weighted by Crippen LogP contribution is 2.40. The molecule has 1 aromatic rings. The van der Waals surface area contributed by atoms with Crippen LogP contribution in [0.25, 0.3) is 0 Å². The Bertz CT molecular complexity index is 328. The Morgan fingerprint density at radius 2 is 1.62 bits per heavy atom. The first-order chi connectivity index (χ1) is 5.84. The van der Waals surface area contributed by atoms with Gasteiger partial charge in [-0.25, -0.2) is 0 Å². The van der Waals surface area contributed by atoms with Crippen molar-refractivity contribution in [1.82, 2.24) is 0 Å². The third kappa shape index (κ3) is 1.71. The molecule has 0 aliphatic heterocycles. The average Bonchev–Trinajstić information content (AvgIpc) is 1.98. The van der Waals surface area contributed by atoms with Crippen LogP contribution in [-0.4, -0.2) is 23.2 Å². The second-order valence-electron chi connectivity index (χ2n) is 4.08. The number of aromatic hydroxyl groups is 3. The van der Waals surface area contributed by atoms with Crippen molar-refractivity contribution in [3.63, 3.8) is 0 Å². The summed E-state index contributed by atoms with van der Waals surface area (Å²) < 4.78 is 0. The van der Waals surface area contributed by atoms with E-state index in [1.165, 1.54) is 6.07 Å². The van der Waals surface area contributed by atoms with E-state index in [9.17, 15) is 10.2 Å². The number of benzene rings is 1. The monoisotopic (exact) mass is 180 g/mol. The molecule has 0 aliphatic rings. The first kappa shape index (κ1) is 9.77. The Kier molecular flexibility index (Phi) is 2.16. The molecule has 0 unspecified atom stereocenters. The van der Waals surface area contributed by atoms with Gasteiger partial charge in [0, 0.05) is 0 Å². The summed E-state index contributed by atoms with van der Waals surface area (Å²) in [6, 6.07) is 2.97. The van der Waals surface area contributed by atoms with Crippen molar-refractivity contribution in [3.05, 3.63) is 17.7 Å². The largest absolute Gasteiger partial charge is 0.504 e. The van der Waals surface area contributed by atoms with E-state index < -0.39 is 5.75 Å². The third-order valence-electron chi connectivity index (χ3n) is 1.94. The van der Waals surface area contributed by atoms with Gasteiger partial charge in [0.2, 0.25) is 5.75 Å². The molecule has 0 heterocycles. The minimum Gasteiger partial charge on any atom is -0.504 e. The first-order valence-electron chi connectivity index (χ1n) is 4.08. The van der Waals surface area contributed by atoms with Gasteiger partial charge in [0.1, 0.15) is 7.85 Å². The van der Waals surface area contributed by atoms with Gasteiger partial charge < -0.3 is 15.3 Å². The summed E-state index contributed by atoms with van der Waals surface area (Å²) in [6.07, 6.45) is 0. The van der Waals surface area contributed by atoms with Crippen molar-refractivity contribution in [1.29, 1.82) is 0 Å². The third-order valence-corrected chi connectivity index (χ3v) is 1.94. The van der Waals surface area contributed by atoms with Crippen molar-refractivity contribution in [2.24, 2.45) is 0 Å². The van der Waals surface area contributed by atoms with Crippen LogP contribution < -0.4 is 0 Å². The fourth-order valence-electron chi connectivity index (χ4n) is 1.17. The van der Waals surface area contributed by atoms with Crippen molar-refractivity contribution in [2.45, 2.75) is 19.2 Å². The van der Waals surface area contributed by atoms with E-state index in [0.717, 1.165) is 0 Å². The Labute approximate surface area is 78.1 Å². The lowest BCUT2D eigenvalue weighted by Crippen LogP contribution is -2.16. The van der Waals surface area contributed by atoms with Crippen LogP contribution in [0.3, 0.4) is 0 Å². The SMILES string of the molecule is BC(C)(C)c1ccc(O)c(O)c1O. The van der Waals surface area contributed by atoms with Crippen LogP contribution in [-0.2, 0) is 5.31 Å². The smallest absolute Gasteiger partial charge is 0.200 e. The lowest BCUT2D eigenvalue weighted by Gasteiger charge is -2.20. The molecule has 0 aromatic heterocycles. The van der Waals surface area contributed by atoms with E-state index in [2.05, 4.69) is 0 Å². The van der Waals surface area contributed by atoms with Gasteiger partial charge in [-0.2, -0.15) is 0 Å². The molecular formula is C9H13BO3. The molecule has 1 aromatic carbocycles. The highest BCUT2D eigenvalue weighted by molar-refractivity contribution is 6.15. The summed E-state index contributed by atoms with van der Waals surface area (Å²) in [4.78, 5) is 0. The zero-order chi connectivity index (χ0) is 10.2. The average molecular weight is 180 g/mol. The fraction of sp³-hybridized carbons (Fsp3) is 0.333. The normalized spacial score (nSPS) is 11.5. The van der Waals surface area contributed by atoms with Crippen LogP contribution in [0.5, 0.6) is 17.2 Å². The van der Waals surface area contributed by atoms with Crippen molar-refractivity contribution < 1.29 is 15.3 Å². The minimum atomic E-state index is -0.451. The van der Waals surface area contributed by atoms with Gasteiger partial charge in [-0.05, 0) is 16.9 Å². The van der Waals surface area contributed by atoms with Gasteiger partial charge >= 0.3 is 0 Å². The number of phenols is 3. The van der Waals surface area contributed by atoms with Crippen LogP contribution in [0.15, 0.2) is 12.1 Å². The van der Waals surface area contributed by atoms with Crippen LogP contribution in [0.4, 0.5) is 0 Å². The highest BCUT2D eigenvalue weighted by Gasteiger charge is 2.21. The van der Waals surface area contributed by atoms with Crippen molar-refractivity contribution in [3.8, 4) is 17.2 Å². The molecule has 0 amide bonds. The van der Waals surface area contributed by atoms with Gasteiger partial charge in [0.25, 0.3) is 0 Å². The summed E-state index contributed by atoms with van der Waals surface area (Å²) in [6.45, 7) is 3.83. The Balaban J connectivity index is 3.35. The Morgan fingerprint density at radius 1 is 1.08 bits per heavy atom. The molecule has 0 spiro atoms. The van der Waals surface area contributed by atoms with Crippen LogP contribution in [0, 0.1) is 0 Å². The maximum absolute atomic E-state index is 9.50. The van der Waals surface area contributed by atoms with E-state index >= 15 is 0 Å². The van der Waals surface area contributed by atoms with Gasteiger partial charge in [-0.3, -0.25) is 0 Å². The summed E-state index contributed by atoms with van der Waals surface area (Å²) in [5.74, 6) is -0.995. The van der Waals surface area contributed by atoms with Crippen LogP contribution in [0.2, 0.25) is 0 Å². The second kappa shape index (κ2) is 2.87. The van der Waals surface area contributed by atoms with E-state index in [1.54, 1.807) is 6.07 Å². The van der Waals surface area contributed by atoms with Crippen molar-refractivity contribution >= 4 is 7.85 Å². The molecular weight excluding hydrogens is 167 g/mol. The summed E-state index contributed by atoms with van der Waals surface area (Å²) in [5, 5.41) is 27.6. The lowest BCUT2D eigenvalue weighted by atomic mass is 9.67. The molecule has 0 fully saturated rings. The quantitative estimate of drug-likeness (QED) is 0.439. The highest BCUT2D eigenvalue weighted by atomic mass is 16.3. The molecule has 70 valence electrons. The maximum atomic E-state index is 9.50. The minimum absolute atomic E-state index is 0.243. The zero-order valence-corrected chi connectivity index (χ0v) is 8.00. The maximum Gasteiger partial charge on any atom is 0.200 e.